The van der Waals surface area contributed by atoms with Crippen LogP contribution in [0.25, 0.3) is 0 Å². The molecule has 0 radical (unpaired) electrons. The first-order valence-electron chi connectivity index (χ1n) is 5.48. The molecule has 0 aliphatic heterocycles. The van der Waals surface area contributed by atoms with Crippen LogP contribution < -0.4 is 11.1 Å². The van der Waals surface area contributed by atoms with Gasteiger partial charge in [0.2, 0.25) is 5.91 Å². The third-order valence-electron chi connectivity index (χ3n) is 2.57. The average Bonchev–Trinajstić information content (AvgIpc) is 2.80. The minimum atomic E-state index is -0.612. The Bertz CT molecular complexity index is 404. The molecule has 0 bridgehead atoms. The summed E-state index contributed by atoms with van der Waals surface area (Å²) >= 11 is 1.69. The van der Waals surface area contributed by atoms with Crippen molar-refractivity contribution in [1.82, 2.24) is 5.32 Å². The van der Waals surface area contributed by atoms with Gasteiger partial charge in [0.15, 0.2) is 0 Å². The van der Waals surface area contributed by atoms with Crippen molar-refractivity contribution in [2.45, 2.75) is 31.7 Å². The Labute approximate surface area is 106 Å². The van der Waals surface area contributed by atoms with E-state index in [-0.39, 0.29) is 17.7 Å². The highest BCUT2D eigenvalue weighted by molar-refractivity contribution is 7.10. The topological polar surface area (TPSA) is 55.1 Å². The molecule has 0 saturated carbocycles. The number of rotatable bonds is 5. The van der Waals surface area contributed by atoms with Crippen molar-refractivity contribution < 1.29 is 4.79 Å². The molecule has 3 N–H and O–H groups in total. The highest BCUT2D eigenvalue weighted by Crippen LogP contribution is 2.26. The van der Waals surface area contributed by atoms with Crippen LogP contribution in [0.3, 0.4) is 0 Å². The maximum absolute atomic E-state index is 11.6. The lowest BCUT2D eigenvalue weighted by molar-refractivity contribution is -0.122. The van der Waals surface area contributed by atoms with Gasteiger partial charge >= 0.3 is 0 Å². The lowest BCUT2D eigenvalue weighted by atomic mass is 9.91. The lowest BCUT2D eigenvalue weighted by Gasteiger charge is -2.24. The zero-order valence-electron chi connectivity index (χ0n) is 10.2. The van der Waals surface area contributed by atoms with Crippen molar-refractivity contribution in [3.63, 3.8) is 0 Å². The van der Waals surface area contributed by atoms with E-state index in [4.69, 9.17) is 12.2 Å². The fraction of sp³-hybridized carbons (Fsp3) is 0.462. The molecule has 1 aromatic heterocycles. The van der Waals surface area contributed by atoms with E-state index in [2.05, 4.69) is 31.2 Å². The van der Waals surface area contributed by atoms with Gasteiger partial charge in [0.05, 0.1) is 6.04 Å². The Balaban J connectivity index is 2.51. The fourth-order valence-corrected chi connectivity index (χ4v) is 2.26. The molecule has 1 amide bonds. The van der Waals surface area contributed by atoms with E-state index in [1.807, 2.05) is 11.4 Å². The van der Waals surface area contributed by atoms with Gasteiger partial charge in [0.25, 0.3) is 0 Å². The van der Waals surface area contributed by atoms with Crippen molar-refractivity contribution in [1.29, 1.82) is 0 Å². The maximum atomic E-state index is 11.6. The highest BCUT2D eigenvalue weighted by atomic mass is 32.1. The summed E-state index contributed by atoms with van der Waals surface area (Å²) in [5.74, 6) is 2.20. The first-order chi connectivity index (χ1) is 7.97. The molecule has 1 unspecified atom stereocenters. The smallest absolute Gasteiger partial charge is 0.237 e. The van der Waals surface area contributed by atoms with Crippen LogP contribution in [0.4, 0.5) is 0 Å². The van der Waals surface area contributed by atoms with Crippen molar-refractivity contribution in [3.05, 3.63) is 22.4 Å². The van der Waals surface area contributed by atoms with Crippen LogP contribution in [0.2, 0.25) is 0 Å². The Morgan fingerprint density at radius 3 is 2.94 bits per heavy atom. The number of terminal acetylenes is 1. The van der Waals surface area contributed by atoms with Crippen LogP contribution in [0.15, 0.2) is 17.5 Å². The van der Waals surface area contributed by atoms with E-state index in [1.54, 1.807) is 11.3 Å². The predicted molar refractivity (Wildman–Crippen MR) is 71.8 cm³/mol. The third-order valence-corrected chi connectivity index (χ3v) is 3.80. The number of carbonyl (C=O) groups excluding carboxylic acids is 1. The summed E-state index contributed by atoms with van der Waals surface area (Å²) in [5, 5.41) is 4.87. The second kappa shape index (κ2) is 5.85. The molecule has 0 spiro atoms. The van der Waals surface area contributed by atoms with Crippen LogP contribution in [0.5, 0.6) is 0 Å². The Morgan fingerprint density at radius 1 is 1.71 bits per heavy atom. The Morgan fingerprint density at radius 2 is 2.41 bits per heavy atom. The van der Waals surface area contributed by atoms with Gasteiger partial charge in [0, 0.05) is 23.3 Å². The second-order valence-electron chi connectivity index (χ2n) is 4.59. The molecule has 1 aromatic rings. The molecule has 0 aliphatic carbocycles. The molecular formula is C13H18N2OS. The van der Waals surface area contributed by atoms with Crippen molar-refractivity contribution in [2.24, 2.45) is 5.73 Å². The molecule has 0 aromatic carbocycles. The van der Waals surface area contributed by atoms with Gasteiger partial charge in [-0.2, -0.15) is 0 Å². The summed E-state index contributed by atoms with van der Waals surface area (Å²) in [5.41, 5.74) is 5.54. The van der Waals surface area contributed by atoms with Crippen LogP contribution in [0.1, 0.15) is 25.1 Å². The van der Waals surface area contributed by atoms with Crippen molar-refractivity contribution in [2.75, 3.05) is 6.54 Å². The van der Waals surface area contributed by atoms with Gasteiger partial charge in [-0.1, -0.05) is 19.9 Å². The molecular weight excluding hydrogens is 232 g/mol. The summed E-state index contributed by atoms with van der Waals surface area (Å²) in [6, 6.07) is 3.46. The molecule has 0 fully saturated rings. The van der Waals surface area contributed by atoms with Crippen LogP contribution in [-0.2, 0) is 10.2 Å². The summed E-state index contributed by atoms with van der Waals surface area (Å²) in [6.45, 7) is 4.74. The van der Waals surface area contributed by atoms with E-state index in [0.29, 0.717) is 6.54 Å². The van der Waals surface area contributed by atoms with E-state index >= 15 is 0 Å². The molecule has 92 valence electrons. The maximum Gasteiger partial charge on any atom is 0.237 e. The van der Waals surface area contributed by atoms with E-state index in [1.165, 1.54) is 4.88 Å². The van der Waals surface area contributed by atoms with E-state index < -0.39 is 6.04 Å². The average molecular weight is 250 g/mol. The third kappa shape index (κ3) is 3.88. The van der Waals surface area contributed by atoms with Gasteiger partial charge in [0.1, 0.15) is 0 Å². The normalized spacial score (nSPS) is 12.8. The summed E-state index contributed by atoms with van der Waals surface area (Å²) in [6.07, 6.45) is 5.39. The van der Waals surface area contributed by atoms with Gasteiger partial charge in [-0.25, -0.2) is 0 Å². The van der Waals surface area contributed by atoms with Crippen LogP contribution in [-0.4, -0.2) is 18.5 Å². The minimum Gasteiger partial charge on any atom is -0.354 e. The molecule has 0 saturated heterocycles. The van der Waals surface area contributed by atoms with E-state index in [0.717, 1.165) is 0 Å². The lowest BCUT2D eigenvalue weighted by Crippen LogP contribution is -2.44. The Kier molecular flexibility index (Phi) is 4.73. The van der Waals surface area contributed by atoms with E-state index in [9.17, 15) is 4.79 Å². The largest absolute Gasteiger partial charge is 0.354 e. The molecule has 4 heteroatoms. The summed E-state index contributed by atoms with van der Waals surface area (Å²) < 4.78 is 0. The standard InChI is InChI=1S/C13H18N2OS/c1-4-6-10(14)12(16)15-9-13(2,3)11-7-5-8-17-11/h1,5,7-8,10H,6,9,14H2,2-3H3,(H,15,16). The van der Waals surface area contributed by atoms with Crippen LogP contribution in [0, 0.1) is 12.3 Å². The first kappa shape index (κ1) is 13.8. The molecule has 0 aliphatic rings. The fourth-order valence-electron chi connectivity index (χ4n) is 1.41. The summed E-state index contributed by atoms with van der Waals surface area (Å²) in [4.78, 5) is 12.9. The molecule has 17 heavy (non-hydrogen) atoms. The SMILES string of the molecule is C#CCC(N)C(=O)NCC(C)(C)c1cccs1. The first-order valence-corrected chi connectivity index (χ1v) is 6.36. The number of nitrogens with two attached hydrogens (primary N) is 1. The molecule has 1 rings (SSSR count). The second-order valence-corrected chi connectivity index (χ2v) is 5.54. The zero-order valence-corrected chi connectivity index (χ0v) is 11.0. The number of thiophene rings is 1. The van der Waals surface area contributed by atoms with Crippen molar-refractivity contribution in [3.8, 4) is 12.3 Å². The van der Waals surface area contributed by atoms with Gasteiger partial charge < -0.3 is 11.1 Å². The quantitative estimate of drug-likeness (QED) is 0.778. The van der Waals surface area contributed by atoms with Crippen LogP contribution >= 0.6 is 11.3 Å². The molecule has 1 heterocycles. The van der Waals surface area contributed by atoms with Gasteiger partial charge in [-0.3, -0.25) is 4.79 Å². The number of nitrogens with one attached hydrogen (secondary N) is 1. The predicted octanol–water partition coefficient (Wildman–Crippen LogP) is 1.49. The number of hydrogen-bond donors (Lipinski definition) is 2. The monoisotopic (exact) mass is 250 g/mol. The number of hydrogen-bond acceptors (Lipinski definition) is 3. The van der Waals surface area contributed by atoms with Gasteiger partial charge in [-0.05, 0) is 11.4 Å². The highest BCUT2D eigenvalue weighted by Gasteiger charge is 2.23. The molecule has 3 nitrogen and oxygen atoms in total. The van der Waals surface area contributed by atoms with Crippen molar-refractivity contribution >= 4 is 17.2 Å². The Hall–Kier alpha value is -1.31. The van der Waals surface area contributed by atoms with Gasteiger partial charge in [-0.15, -0.1) is 23.7 Å². The number of carbonyl (C=O) groups is 1. The molecule has 1 atom stereocenters. The number of amides is 1. The minimum absolute atomic E-state index is 0.0836. The zero-order chi connectivity index (χ0) is 12.9. The summed E-state index contributed by atoms with van der Waals surface area (Å²) in [7, 11) is 0.